The molecular weight excluding hydrogens is 254 g/mol. The van der Waals surface area contributed by atoms with Crippen molar-refractivity contribution in [3.63, 3.8) is 0 Å². The molecule has 18 heavy (non-hydrogen) atoms. The Morgan fingerprint density at radius 1 is 1.39 bits per heavy atom. The number of alkyl halides is 4. The average Bonchev–Trinajstić information content (AvgIpc) is 2.26. The van der Waals surface area contributed by atoms with Gasteiger partial charge in [0.05, 0.1) is 0 Å². The third kappa shape index (κ3) is 4.01. The van der Waals surface area contributed by atoms with Crippen LogP contribution in [0.5, 0.6) is 5.88 Å². The molecule has 0 spiro atoms. The number of aryl methyl sites for hydroxylation is 1. The van der Waals surface area contributed by atoms with Gasteiger partial charge >= 0.3 is 12.3 Å². The van der Waals surface area contributed by atoms with Crippen LogP contribution in [-0.2, 0) is 0 Å². The van der Waals surface area contributed by atoms with Gasteiger partial charge in [-0.05, 0) is 13.8 Å². The van der Waals surface area contributed by atoms with Crippen LogP contribution in [0.4, 0.5) is 23.5 Å². The molecule has 102 valence electrons. The molecule has 1 N–H and O–H groups in total. The molecule has 0 atom stereocenters. The zero-order valence-corrected chi connectivity index (χ0v) is 9.88. The molecule has 0 saturated heterocycles. The summed E-state index contributed by atoms with van der Waals surface area (Å²) in [7, 11) is 0. The highest BCUT2D eigenvalue weighted by Gasteiger charge is 2.41. The summed E-state index contributed by atoms with van der Waals surface area (Å²) >= 11 is 0. The van der Waals surface area contributed by atoms with E-state index in [1.807, 2.05) is 0 Å². The van der Waals surface area contributed by atoms with Crippen LogP contribution in [0.25, 0.3) is 0 Å². The van der Waals surface area contributed by atoms with Crippen molar-refractivity contribution < 1.29 is 22.3 Å². The first kappa shape index (κ1) is 14.5. The number of halogens is 4. The Morgan fingerprint density at radius 2 is 2.06 bits per heavy atom. The van der Waals surface area contributed by atoms with E-state index in [4.69, 9.17) is 0 Å². The third-order valence-corrected chi connectivity index (χ3v) is 1.90. The van der Waals surface area contributed by atoms with E-state index < -0.39 is 19.0 Å². The maximum atomic E-state index is 12.6. The SMILES string of the molecule is CCNc1nc(C)cc(OCC(F)(F)C(F)F)n1. The van der Waals surface area contributed by atoms with Gasteiger partial charge in [-0.3, -0.25) is 0 Å². The van der Waals surface area contributed by atoms with Crippen LogP contribution in [0.1, 0.15) is 12.6 Å². The normalized spacial score (nSPS) is 11.7. The number of nitrogens with one attached hydrogen (secondary N) is 1. The summed E-state index contributed by atoms with van der Waals surface area (Å²) in [5.74, 6) is -4.16. The lowest BCUT2D eigenvalue weighted by molar-refractivity contribution is -0.148. The highest BCUT2D eigenvalue weighted by atomic mass is 19.3. The molecule has 0 fully saturated rings. The number of ether oxygens (including phenoxy) is 1. The topological polar surface area (TPSA) is 47.0 Å². The summed E-state index contributed by atoms with van der Waals surface area (Å²) in [6.07, 6.45) is -3.77. The highest BCUT2D eigenvalue weighted by molar-refractivity contribution is 5.30. The second-order valence-electron chi connectivity index (χ2n) is 3.55. The van der Waals surface area contributed by atoms with Crippen molar-refractivity contribution in [1.29, 1.82) is 0 Å². The average molecular weight is 267 g/mol. The lowest BCUT2D eigenvalue weighted by Gasteiger charge is -2.15. The zero-order valence-electron chi connectivity index (χ0n) is 9.88. The number of anilines is 1. The van der Waals surface area contributed by atoms with Crippen LogP contribution >= 0.6 is 0 Å². The van der Waals surface area contributed by atoms with Gasteiger partial charge in [-0.15, -0.1) is 0 Å². The first-order chi connectivity index (χ1) is 8.35. The van der Waals surface area contributed by atoms with Crippen LogP contribution in [0, 0.1) is 6.92 Å². The molecule has 0 bridgehead atoms. The van der Waals surface area contributed by atoms with E-state index in [9.17, 15) is 17.6 Å². The molecule has 1 heterocycles. The summed E-state index contributed by atoms with van der Waals surface area (Å²) in [4.78, 5) is 7.73. The number of aromatic nitrogens is 2. The number of nitrogens with zero attached hydrogens (tertiary/aromatic N) is 2. The lowest BCUT2D eigenvalue weighted by Crippen LogP contribution is -2.34. The van der Waals surface area contributed by atoms with E-state index in [0.717, 1.165) is 0 Å². The fraction of sp³-hybridized carbons (Fsp3) is 0.600. The maximum absolute atomic E-state index is 12.6. The fourth-order valence-corrected chi connectivity index (χ4v) is 1.08. The molecule has 0 aliphatic rings. The monoisotopic (exact) mass is 267 g/mol. The van der Waals surface area contributed by atoms with Crippen molar-refractivity contribution in [2.75, 3.05) is 18.5 Å². The predicted octanol–water partition coefficient (Wildman–Crippen LogP) is 2.50. The van der Waals surface area contributed by atoms with Crippen molar-refractivity contribution in [2.24, 2.45) is 0 Å². The highest BCUT2D eigenvalue weighted by Crippen LogP contribution is 2.24. The van der Waals surface area contributed by atoms with Crippen molar-refractivity contribution in [3.05, 3.63) is 11.8 Å². The summed E-state index contributed by atoms with van der Waals surface area (Å²) in [5, 5.41) is 2.77. The summed E-state index contributed by atoms with van der Waals surface area (Å²) in [6.45, 7) is 2.53. The van der Waals surface area contributed by atoms with E-state index in [1.54, 1.807) is 13.8 Å². The van der Waals surface area contributed by atoms with Crippen LogP contribution in [0.2, 0.25) is 0 Å². The van der Waals surface area contributed by atoms with Crippen molar-refractivity contribution >= 4 is 5.95 Å². The second-order valence-corrected chi connectivity index (χ2v) is 3.55. The van der Waals surface area contributed by atoms with E-state index in [2.05, 4.69) is 20.0 Å². The van der Waals surface area contributed by atoms with Crippen LogP contribution in [0.3, 0.4) is 0 Å². The minimum Gasteiger partial charge on any atom is -0.471 e. The fourth-order valence-electron chi connectivity index (χ4n) is 1.08. The molecule has 1 rings (SSSR count). The Labute approximate surface area is 101 Å². The van der Waals surface area contributed by atoms with E-state index in [0.29, 0.717) is 12.2 Å². The Morgan fingerprint density at radius 3 is 2.61 bits per heavy atom. The number of rotatable bonds is 6. The molecule has 8 heteroatoms. The molecule has 0 radical (unpaired) electrons. The van der Waals surface area contributed by atoms with Crippen molar-refractivity contribution in [1.82, 2.24) is 9.97 Å². The molecule has 1 aromatic rings. The molecule has 0 unspecified atom stereocenters. The molecule has 0 saturated carbocycles. The Hall–Kier alpha value is -1.60. The number of hydrogen-bond donors (Lipinski definition) is 1. The van der Waals surface area contributed by atoms with E-state index in [-0.39, 0.29) is 11.8 Å². The van der Waals surface area contributed by atoms with Gasteiger partial charge in [0.15, 0.2) is 6.61 Å². The first-order valence-corrected chi connectivity index (χ1v) is 5.23. The van der Waals surface area contributed by atoms with Crippen molar-refractivity contribution in [3.8, 4) is 5.88 Å². The maximum Gasteiger partial charge on any atom is 0.340 e. The van der Waals surface area contributed by atoms with Gasteiger partial charge in [-0.25, -0.2) is 13.8 Å². The van der Waals surface area contributed by atoms with Gasteiger partial charge in [-0.2, -0.15) is 13.8 Å². The quantitative estimate of drug-likeness (QED) is 0.804. The van der Waals surface area contributed by atoms with Crippen LogP contribution in [0.15, 0.2) is 6.07 Å². The summed E-state index contributed by atoms with van der Waals surface area (Å²) < 4.78 is 53.7. The molecule has 0 aromatic carbocycles. The molecular formula is C10H13F4N3O. The van der Waals surface area contributed by atoms with Gasteiger partial charge in [0, 0.05) is 18.3 Å². The zero-order chi connectivity index (χ0) is 13.8. The van der Waals surface area contributed by atoms with Gasteiger partial charge < -0.3 is 10.1 Å². The number of hydrogen-bond acceptors (Lipinski definition) is 4. The standard InChI is InChI=1S/C10H13F4N3O/c1-3-15-9-16-6(2)4-7(17-9)18-5-10(13,14)8(11)12/h4,8H,3,5H2,1-2H3,(H,15,16,17). The minimum absolute atomic E-state index is 0.168. The smallest absolute Gasteiger partial charge is 0.340 e. The molecule has 1 aromatic heterocycles. The van der Waals surface area contributed by atoms with Gasteiger partial charge in [-0.1, -0.05) is 0 Å². The first-order valence-electron chi connectivity index (χ1n) is 5.23. The molecule has 0 amide bonds. The Bertz CT molecular complexity index is 401. The Balaban J connectivity index is 2.73. The van der Waals surface area contributed by atoms with Crippen LogP contribution in [-0.4, -0.2) is 35.5 Å². The largest absolute Gasteiger partial charge is 0.471 e. The Kier molecular flexibility index (Phi) is 4.69. The summed E-state index contributed by atoms with van der Waals surface area (Å²) in [5.41, 5.74) is 0.483. The van der Waals surface area contributed by atoms with Crippen molar-refractivity contribution in [2.45, 2.75) is 26.2 Å². The molecule has 0 aliphatic carbocycles. The van der Waals surface area contributed by atoms with Gasteiger partial charge in [0.2, 0.25) is 11.8 Å². The predicted molar refractivity (Wildman–Crippen MR) is 57.4 cm³/mol. The second kappa shape index (κ2) is 5.83. The lowest BCUT2D eigenvalue weighted by atomic mass is 10.4. The molecule has 0 aliphatic heterocycles. The summed E-state index contributed by atoms with van der Waals surface area (Å²) in [6, 6.07) is 1.29. The van der Waals surface area contributed by atoms with Gasteiger partial charge in [0.1, 0.15) is 0 Å². The third-order valence-electron chi connectivity index (χ3n) is 1.90. The van der Waals surface area contributed by atoms with Gasteiger partial charge in [0.25, 0.3) is 0 Å². The minimum atomic E-state index is -4.20. The molecule has 4 nitrogen and oxygen atoms in total. The van der Waals surface area contributed by atoms with Crippen LogP contribution < -0.4 is 10.1 Å². The van der Waals surface area contributed by atoms with E-state index in [1.165, 1.54) is 6.07 Å². The van der Waals surface area contributed by atoms with E-state index >= 15 is 0 Å².